The highest BCUT2D eigenvalue weighted by Gasteiger charge is 2.15. The zero-order chi connectivity index (χ0) is 12.3. The molecule has 4 heteroatoms. The first kappa shape index (κ1) is 12.3. The lowest BCUT2D eigenvalue weighted by Crippen LogP contribution is -2.09. The molecule has 2 nitrogen and oxygen atoms in total. The quantitative estimate of drug-likeness (QED) is 0.827. The molecule has 88 valence electrons. The van der Waals surface area contributed by atoms with Crippen molar-refractivity contribution < 1.29 is 0 Å². The molecule has 2 aromatic rings. The second kappa shape index (κ2) is 5.44. The molecule has 2 heterocycles. The molecule has 2 aromatic heterocycles. The highest BCUT2D eigenvalue weighted by Crippen LogP contribution is 2.27. The Morgan fingerprint density at radius 2 is 2.24 bits per heavy atom. The largest absolute Gasteiger partial charge is 0.240 e. The van der Waals surface area contributed by atoms with Crippen molar-refractivity contribution in [3.63, 3.8) is 0 Å². The number of hydrogen-bond acceptors (Lipinski definition) is 4. The van der Waals surface area contributed by atoms with Gasteiger partial charge < -0.3 is 0 Å². The summed E-state index contributed by atoms with van der Waals surface area (Å²) < 4.78 is 0. The van der Waals surface area contributed by atoms with E-state index in [2.05, 4.69) is 41.7 Å². The number of nitriles is 1. The standard InChI is InChI=1S/C13H14N2S2/c1-9(2)10(7-14)6-13-15-11(8-17-13)12-4-3-5-16-12/h3-5,8-10H,6H2,1-2H3. The van der Waals surface area contributed by atoms with Crippen molar-refractivity contribution in [1.29, 1.82) is 5.26 Å². The molecular formula is C13H14N2S2. The molecule has 0 saturated heterocycles. The molecule has 0 aromatic carbocycles. The number of thiophene rings is 1. The minimum atomic E-state index is 0.0670. The van der Waals surface area contributed by atoms with Crippen LogP contribution in [0.1, 0.15) is 18.9 Å². The Morgan fingerprint density at radius 1 is 1.41 bits per heavy atom. The number of thiazole rings is 1. The first-order valence-electron chi connectivity index (χ1n) is 5.58. The summed E-state index contributed by atoms with van der Waals surface area (Å²) in [5, 5.41) is 14.3. The Bertz CT molecular complexity index is 506. The van der Waals surface area contributed by atoms with Crippen LogP contribution >= 0.6 is 22.7 Å². The molecule has 0 N–H and O–H groups in total. The van der Waals surface area contributed by atoms with Gasteiger partial charge in [-0.1, -0.05) is 19.9 Å². The Hall–Kier alpha value is -1.18. The van der Waals surface area contributed by atoms with Gasteiger partial charge in [-0.15, -0.1) is 22.7 Å². The first-order valence-corrected chi connectivity index (χ1v) is 7.34. The van der Waals surface area contributed by atoms with E-state index in [-0.39, 0.29) is 5.92 Å². The molecule has 0 amide bonds. The van der Waals surface area contributed by atoms with Gasteiger partial charge in [-0.05, 0) is 17.4 Å². The van der Waals surface area contributed by atoms with Gasteiger partial charge in [0, 0.05) is 11.8 Å². The lowest BCUT2D eigenvalue weighted by molar-refractivity contribution is 0.473. The SMILES string of the molecule is CC(C)C(C#N)Cc1nc(-c2cccs2)cs1. The molecule has 0 aliphatic rings. The van der Waals surface area contributed by atoms with Crippen molar-refractivity contribution >= 4 is 22.7 Å². The minimum absolute atomic E-state index is 0.0670. The number of nitrogens with zero attached hydrogens (tertiary/aromatic N) is 2. The Labute approximate surface area is 110 Å². The van der Waals surface area contributed by atoms with Gasteiger partial charge in [0.15, 0.2) is 0 Å². The van der Waals surface area contributed by atoms with Crippen LogP contribution in [0.4, 0.5) is 0 Å². The van der Waals surface area contributed by atoms with Gasteiger partial charge in [0.25, 0.3) is 0 Å². The van der Waals surface area contributed by atoms with E-state index < -0.39 is 0 Å². The van der Waals surface area contributed by atoms with Gasteiger partial charge in [-0.2, -0.15) is 5.26 Å². The molecular weight excluding hydrogens is 248 g/mol. The van der Waals surface area contributed by atoms with Crippen molar-refractivity contribution in [2.45, 2.75) is 20.3 Å². The van der Waals surface area contributed by atoms with Gasteiger partial charge in [0.1, 0.15) is 0 Å². The third-order valence-electron chi connectivity index (χ3n) is 2.69. The Balaban J connectivity index is 2.12. The maximum absolute atomic E-state index is 9.08. The molecule has 2 rings (SSSR count). The third-order valence-corrected chi connectivity index (χ3v) is 4.45. The monoisotopic (exact) mass is 262 g/mol. The number of aromatic nitrogens is 1. The van der Waals surface area contributed by atoms with Crippen LogP contribution in [0.15, 0.2) is 22.9 Å². The van der Waals surface area contributed by atoms with E-state index in [0.717, 1.165) is 17.1 Å². The molecule has 0 aliphatic heterocycles. The summed E-state index contributed by atoms with van der Waals surface area (Å²) in [6.07, 6.45) is 0.768. The topological polar surface area (TPSA) is 36.7 Å². The lowest BCUT2D eigenvalue weighted by atomic mass is 9.94. The summed E-state index contributed by atoms with van der Waals surface area (Å²) in [6, 6.07) is 6.47. The van der Waals surface area contributed by atoms with Gasteiger partial charge in [-0.25, -0.2) is 4.98 Å². The summed E-state index contributed by atoms with van der Waals surface area (Å²) in [7, 11) is 0. The fourth-order valence-corrected chi connectivity index (χ4v) is 3.18. The summed E-state index contributed by atoms with van der Waals surface area (Å²) in [6.45, 7) is 4.17. The molecule has 0 saturated carbocycles. The van der Waals surface area contributed by atoms with Crippen LogP contribution < -0.4 is 0 Å². The molecule has 0 fully saturated rings. The van der Waals surface area contributed by atoms with Crippen LogP contribution in [0.3, 0.4) is 0 Å². The van der Waals surface area contributed by atoms with E-state index in [0.29, 0.717) is 5.92 Å². The summed E-state index contributed by atoms with van der Waals surface area (Å²) >= 11 is 3.35. The molecule has 0 radical (unpaired) electrons. The van der Waals surface area contributed by atoms with Crippen molar-refractivity contribution in [3.05, 3.63) is 27.9 Å². The zero-order valence-electron chi connectivity index (χ0n) is 9.88. The number of hydrogen-bond donors (Lipinski definition) is 0. The van der Waals surface area contributed by atoms with E-state index in [1.807, 2.05) is 6.07 Å². The summed E-state index contributed by atoms with van der Waals surface area (Å²) in [5.74, 6) is 0.450. The van der Waals surface area contributed by atoms with Crippen molar-refractivity contribution in [3.8, 4) is 16.6 Å². The Morgan fingerprint density at radius 3 is 2.82 bits per heavy atom. The van der Waals surface area contributed by atoms with Crippen LogP contribution in [0.25, 0.3) is 10.6 Å². The van der Waals surface area contributed by atoms with Crippen molar-refractivity contribution in [2.75, 3.05) is 0 Å². The smallest absolute Gasteiger partial charge is 0.0946 e. The summed E-state index contributed by atoms with van der Waals surface area (Å²) in [5.41, 5.74) is 1.04. The van der Waals surface area contributed by atoms with Crippen LogP contribution in [-0.4, -0.2) is 4.98 Å². The zero-order valence-corrected chi connectivity index (χ0v) is 11.5. The second-order valence-electron chi connectivity index (χ2n) is 4.29. The number of rotatable bonds is 4. The van der Waals surface area contributed by atoms with Crippen LogP contribution in [0.2, 0.25) is 0 Å². The molecule has 1 unspecified atom stereocenters. The molecule has 0 bridgehead atoms. The van der Waals surface area contributed by atoms with Gasteiger partial charge in [0.2, 0.25) is 0 Å². The minimum Gasteiger partial charge on any atom is -0.240 e. The first-order chi connectivity index (χ1) is 8.20. The van der Waals surface area contributed by atoms with E-state index in [1.165, 1.54) is 4.88 Å². The van der Waals surface area contributed by atoms with Crippen LogP contribution in [0.5, 0.6) is 0 Å². The average molecular weight is 262 g/mol. The summed E-state index contributed by atoms with van der Waals surface area (Å²) in [4.78, 5) is 5.80. The highest BCUT2D eigenvalue weighted by atomic mass is 32.1. The van der Waals surface area contributed by atoms with Gasteiger partial charge >= 0.3 is 0 Å². The maximum Gasteiger partial charge on any atom is 0.0946 e. The van der Waals surface area contributed by atoms with E-state index >= 15 is 0 Å². The van der Waals surface area contributed by atoms with E-state index in [9.17, 15) is 0 Å². The van der Waals surface area contributed by atoms with E-state index in [1.54, 1.807) is 22.7 Å². The second-order valence-corrected chi connectivity index (χ2v) is 6.18. The molecule has 1 atom stereocenters. The predicted molar refractivity (Wildman–Crippen MR) is 73.1 cm³/mol. The predicted octanol–water partition coefficient (Wildman–Crippen LogP) is 4.21. The van der Waals surface area contributed by atoms with Crippen molar-refractivity contribution in [2.24, 2.45) is 11.8 Å². The maximum atomic E-state index is 9.08. The lowest BCUT2D eigenvalue weighted by Gasteiger charge is -2.09. The van der Waals surface area contributed by atoms with E-state index in [4.69, 9.17) is 5.26 Å². The van der Waals surface area contributed by atoms with Crippen molar-refractivity contribution in [1.82, 2.24) is 4.98 Å². The third kappa shape index (κ3) is 2.93. The average Bonchev–Trinajstić information content (AvgIpc) is 2.95. The van der Waals surface area contributed by atoms with Crippen LogP contribution in [0, 0.1) is 23.2 Å². The van der Waals surface area contributed by atoms with Crippen LogP contribution in [-0.2, 0) is 6.42 Å². The van der Waals surface area contributed by atoms with Gasteiger partial charge in [0.05, 0.1) is 27.6 Å². The highest BCUT2D eigenvalue weighted by molar-refractivity contribution is 7.14. The van der Waals surface area contributed by atoms with Gasteiger partial charge in [-0.3, -0.25) is 0 Å². The normalized spacial score (nSPS) is 12.6. The molecule has 0 aliphatic carbocycles. The Kier molecular flexibility index (Phi) is 3.93. The molecule has 17 heavy (non-hydrogen) atoms. The fraction of sp³-hybridized carbons (Fsp3) is 0.385. The fourth-order valence-electron chi connectivity index (χ4n) is 1.56. The molecule has 0 spiro atoms.